The number of aromatic carboxylic acids is 1. The number of aliphatic hydroxyl groups excluding tert-OH is 1. The number of nitrogens with zero attached hydrogens (tertiary/aromatic N) is 1. The Balaban J connectivity index is 2.06. The van der Waals surface area contributed by atoms with Gasteiger partial charge in [0.2, 0.25) is 0 Å². The van der Waals surface area contributed by atoms with Crippen molar-refractivity contribution in [3.8, 4) is 11.8 Å². The van der Waals surface area contributed by atoms with Crippen LogP contribution in [-0.4, -0.2) is 46.9 Å². The number of rotatable bonds is 6. The summed E-state index contributed by atoms with van der Waals surface area (Å²) >= 11 is 1.12. The molecule has 2 atom stereocenters. The first-order chi connectivity index (χ1) is 15.1. The van der Waals surface area contributed by atoms with Crippen LogP contribution in [0.3, 0.4) is 0 Å². The van der Waals surface area contributed by atoms with Crippen LogP contribution in [-0.2, 0) is 9.53 Å². The third-order valence-corrected chi connectivity index (χ3v) is 7.34. The van der Waals surface area contributed by atoms with Gasteiger partial charge >= 0.3 is 5.97 Å². The Kier molecular flexibility index (Phi) is 7.69. The van der Waals surface area contributed by atoms with Gasteiger partial charge in [-0.25, -0.2) is 4.79 Å². The van der Waals surface area contributed by atoms with E-state index < -0.39 is 11.6 Å². The molecular weight excluding hydrogens is 426 g/mol. The molecule has 0 unspecified atom stereocenters. The number of amides is 1. The molecule has 2 fully saturated rings. The van der Waals surface area contributed by atoms with Crippen molar-refractivity contribution in [3.63, 3.8) is 0 Å². The van der Waals surface area contributed by atoms with Crippen LogP contribution in [0.2, 0.25) is 0 Å². The van der Waals surface area contributed by atoms with Gasteiger partial charge in [-0.15, -0.1) is 11.3 Å². The molecule has 6 nitrogen and oxygen atoms in total. The summed E-state index contributed by atoms with van der Waals surface area (Å²) in [6.45, 7) is 8.11. The molecule has 0 spiro atoms. The van der Waals surface area contributed by atoms with Gasteiger partial charge in [-0.05, 0) is 65.4 Å². The van der Waals surface area contributed by atoms with Gasteiger partial charge in [-0.2, -0.15) is 0 Å². The first kappa shape index (κ1) is 24.8. The van der Waals surface area contributed by atoms with Gasteiger partial charge in [-0.3, -0.25) is 4.79 Å². The van der Waals surface area contributed by atoms with E-state index in [1.165, 1.54) is 6.42 Å². The van der Waals surface area contributed by atoms with Crippen molar-refractivity contribution in [1.82, 2.24) is 0 Å². The predicted molar refractivity (Wildman–Crippen MR) is 126 cm³/mol. The highest BCUT2D eigenvalue weighted by Crippen LogP contribution is 2.41. The van der Waals surface area contributed by atoms with E-state index in [-0.39, 0.29) is 34.8 Å². The minimum atomic E-state index is -1.08. The zero-order valence-corrected chi connectivity index (χ0v) is 20.4. The van der Waals surface area contributed by atoms with Crippen molar-refractivity contribution >= 4 is 28.9 Å². The molecule has 32 heavy (non-hydrogen) atoms. The number of carboxylic acids is 1. The van der Waals surface area contributed by atoms with E-state index in [0.29, 0.717) is 30.0 Å². The third kappa shape index (κ3) is 5.54. The van der Waals surface area contributed by atoms with E-state index in [4.69, 9.17) is 4.74 Å². The van der Waals surface area contributed by atoms with Crippen molar-refractivity contribution in [2.75, 3.05) is 18.1 Å². The van der Waals surface area contributed by atoms with Crippen LogP contribution < -0.4 is 4.90 Å². The highest BCUT2D eigenvalue weighted by molar-refractivity contribution is 7.15. The number of carbonyl (C=O) groups excluding carboxylic acids is 1. The van der Waals surface area contributed by atoms with Crippen LogP contribution in [0.5, 0.6) is 0 Å². The van der Waals surface area contributed by atoms with Crippen LogP contribution in [0, 0.1) is 23.2 Å². The molecule has 1 aliphatic heterocycles. The molecule has 1 aromatic heterocycles. The fraction of sp³-hybridized carbons (Fsp3) is 0.680. The lowest BCUT2D eigenvalue weighted by molar-refractivity contribution is -0.154. The summed E-state index contributed by atoms with van der Waals surface area (Å²) in [4.78, 5) is 28.5. The van der Waals surface area contributed by atoms with Gasteiger partial charge in [0.05, 0.1) is 23.2 Å². The standard InChI is InChI=1S/C25H35NO5S/c1-24(2,3)13-11-18-15-19(21(32-18)22(28)29)26-20(17-9-6-5-7-10-17)16-31-25(4,23(26)30)12-8-14-27/h15,17,20,27H,5-10,12,14,16H2,1-4H3,(H,28,29)/t20-,25-/m0/s1. The van der Waals surface area contributed by atoms with Gasteiger partial charge in [0, 0.05) is 12.0 Å². The maximum absolute atomic E-state index is 13.8. The van der Waals surface area contributed by atoms with Crippen LogP contribution in [0.4, 0.5) is 5.69 Å². The summed E-state index contributed by atoms with van der Waals surface area (Å²) in [6, 6.07) is 1.57. The van der Waals surface area contributed by atoms with Crippen molar-refractivity contribution in [2.45, 2.75) is 84.3 Å². The smallest absolute Gasteiger partial charge is 0.348 e. The molecule has 7 heteroatoms. The Labute approximate surface area is 195 Å². The largest absolute Gasteiger partial charge is 0.477 e. The number of ether oxygens (including phenoxy) is 1. The maximum Gasteiger partial charge on any atom is 0.348 e. The topological polar surface area (TPSA) is 87.1 Å². The SMILES string of the molecule is CC(C)(C)C#Cc1cc(N2C(=O)[C@](C)(CCCO)OC[C@H]2C2CCCCC2)c(C(=O)O)s1. The van der Waals surface area contributed by atoms with Crippen LogP contribution >= 0.6 is 11.3 Å². The molecule has 0 aromatic carbocycles. The molecule has 2 N–H and O–H groups in total. The Morgan fingerprint density at radius 3 is 2.59 bits per heavy atom. The number of carbonyl (C=O) groups is 2. The number of aliphatic hydroxyl groups is 1. The zero-order valence-electron chi connectivity index (χ0n) is 19.6. The second-order valence-electron chi connectivity index (χ2n) is 10.1. The number of thiophene rings is 1. The molecule has 2 aliphatic rings. The average molecular weight is 462 g/mol. The van der Waals surface area contributed by atoms with Crippen LogP contribution in [0.25, 0.3) is 0 Å². The number of hydrogen-bond acceptors (Lipinski definition) is 5. The molecule has 1 aliphatic carbocycles. The van der Waals surface area contributed by atoms with Crippen molar-refractivity contribution in [3.05, 3.63) is 15.8 Å². The van der Waals surface area contributed by atoms with Crippen LogP contribution in [0.1, 0.15) is 87.2 Å². The van der Waals surface area contributed by atoms with Gasteiger partial charge in [0.25, 0.3) is 5.91 Å². The molecule has 2 heterocycles. The molecule has 1 amide bonds. The van der Waals surface area contributed by atoms with Crippen molar-refractivity contribution < 1.29 is 24.5 Å². The molecule has 1 saturated carbocycles. The molecule has 176 valence electrons. The Bertz CT molecular complexity index is 900. The monoisotopic (exact) mass is 461 g/mol. The highest BCUT2D eigenvalue weighted by atomic mass is 32.1. The van der Waals surface area contributed by atoms with Crippen molar-refractivity contribution in [2.24, 2.45) is 11.3 Å². The molecule has 0 radical (unpaired) electrons. The minimum absolute atomic E-state index is 0.0242. The zero-order chi connectivity index (χ0) is 23.5. The number of hydrogen-bond donors (Lipinski definition) is 2. The second-order valence-corrected chi connectivity index (χ2v) is 11.2. The van der Waals surface area contributed by atoms with Crippen molar-refractivity contribution in [1.29, 1.82) is 0 Å². The summed E-state index contributed by atoms with van der Waals surface area (Å²) < 4.78 is 6.12. The highest BCUT2D eigenvalue weighted by Gasteiger charge is 2.48. The van der Waals surface area contributed by atoms with E-state index in [2.05, 4.69) is 11.8 Å². The lowest BCUT2D eigenvalue weighted by Gasteiger charge is -2.47. The lowest BCUT2D eigenvalue weighted by atomic mass is 9.81. The van der Waals surface area contributed by atoms with E-state index in [0.717, 1.165) is 37.0 Å². The van der Waals surface area contributed by atoms with Gasteiger partial charge in [-0.1, -0.05) is 31.1 Å². The van der Waals surface area contributed by atoms with Gasteiger partial charge in [0.1, 0.15) is 10.5 Å². The van der Waals surface area contributed by atoms with E-state index in [1.807, 2.05) is 20.8 Å². The first-order valence-corrected chi connectivity index (χ1v) is 12.4. The molecule has 1 aromatic rings. The number of morpholine rings is 1. The molecular formula is C25H35NO5S. The first-order valence-electron chi connectivity index (χ1n) is 11.5. The maximum atomic E-state index is 13.8. The Hall–Kier alpha value is -1.88. The average Bonchev–Trinajstić information content (AvgIpc) is 3.17. The molecule has 3 rings (SSSR count). The van der Waals surface area contributed by atoms with E-state index in [1.54, 1.807) is 17.9 Å². The van der Waals surface area contributed by atoms with Gasteiger partial charge in [0.15, 0.2) is 0 Å². The number of anilines is 1. The fourth-order valence-corrected chi connectivity index (χ4v) is 5.43. The quantitative estimate of drug-likeness (QED) is 0.600. The van der Waals surface area contributed by atoms with E-state index >= 15 is 0 Å². The van der Waals surface area contributed by atoms with Crippen LogP contribution in [0.15, 0.2) is 6.07 Å². The summed E-state index contributed by atoms with van der Waals surface area (Å²) in [5, 5.41) is 19.3. The molecule has 0 bridgehead atoms. The van der Waals surface area contributed by atoms with Gasteiger partial charge < -0.3 is 19.8 Å². The van der Waals surface area contributed by atoms with E-state index in [9.17, 15) is 19.8 Å². The normalized spacial score (nSPS) is 24.8. The second kappa shape index (κ2) is 9.94. The molecule has 1 saturated heterocycles. The lowest BCUT2D eigenvalue weighted by Crippen LogP contribution is -2.62. The summed E-state index contributed by atoms with van der Waals surface area (Å²) in [6.07, 6.45) is 6.27. The summed E-state index contributed by atoms with van der Waals surface area (Å²) in [7, 11) is 0. The third-order valence-electron chi connectivity index (χ3n) is 6.31. The predicted octanol–water partition coefficient (Wildman–Crippen LogP) is 4.69. The fourth-order valence-electron chi connectivity index (χ4n) is 4.58. The Morgan fingerprint density at radius 2 is 2.00 bits per heavy atom. The number of carboxylic acid groups (broad SMARTS) is 1. The minimum Gasteiger partial charge on any atom is -0.477 e. The summed E-state index contributed by atoms with van der Waals surface area (Å²) in [5.41, 5.74) is -0.863. The Morgan fingerprint density at radius 1 is 1.31 bits per heavy atom. The summed E-state index contributed by atoms with van der Waals surface area (Å²) in [5.74, 6) is 5.28.